The van der Waals surface area contributed by atoms with Gasteiger partial charge < -0.3 is 10.2 Å². The number of urea groups is 1. The highest BCUT2D eigenvalue weighted by Crippen LogP contribution is 2.35. The Balaban J connectivity index is 1.96. The van der Waals surface area contributed by atoms with Gasteiger partial charge in [0.2, 0.25) is 0 Å². The van der Waals surface area contributed by atoms with Crippen LogP contribution in [0, 0.1) is 5.92 Å². The molecule has 1 N–H and O–H groups in total. The third-order valence-electron chi connectivity index (χ3n) is 3.99. The molecule has 1 atom stereocenters. The molecule has 1 unspecified atom stereocenters. The lowest BCUT2D eigenvalue weighted by atomic mass is 9.96. The van der Waals surface area contributed by atoms with Gasteiger partial charge in [0.15, 0.2) is 0 Å². The molecule has 3 heteroatoms. The van der Waals surface area contributed by atoms with Crippen molar-refractivity contribution in [3.8, 4) is 0 Å². The van der Waals surface area contributed by atoms with Crippen molar-refractivity contribution in [3.63, 3.8) is 0 Å². The fourth-order valence-corrected chi connectivity index (χ4v) is 3.27. The van der Waals surface area contributed by atoms with Crippen molar-refractivity contribution in [2.45, 2.75) is 70.9 Å². The fourth-order valence-electron chi connectivity index (χ4n) is 3.27. The number of carbonyl (C=O) groups is 1. The van der Waals surface area contributed by atoms with Crippen LogP contribution in [0.4, 0.5) is 4.79 Å². The summed E-state index contributed by atoms with van der Waals surface area (Å²) in [6, 6.07) is 0.659. The third kappa shape index (κ3) is 3.14. The van der Waals surface area contributed by atoms with Gasteiger partial charge in [-0.3, -0.25) is 0 Å². The number of amides is 2. The highest BCUT2D eigenvalue weighted by atomic mass is 16.2. The Bertz CT molecular complexity index is 276. The van der Waals surface area contributed by atoms with Gasteiger partial charge in [-0.1, -0.05) is 12.8 Å². The molecule has 98 valence electrons. The Hall–Kier alpha value is -0.730. The zero-order valence-electron chi connectivity index (χ0n) is 11.5. The van der Waals surface area contributed by atoms with Crippen molar-refractivity contribution in [1.82, 2.24) is 10.2 Å². The smallest absolute Gasteiger partial charge is 0.318 e. The summed E-state index contributed by atoms with van der Waals surface area (Å²) in [6.07, 6.45) is 7.75. The van der Waals surface area contributed by atoms with E-state index in [0.29, 0.717) is 6.04 Å². The topological polar surface area (TPSA) is 32.3 Å². The Morgan fingerprint density at radius 2 is 1.76 bits per heavy atom. The van der Waals surface area contributed by atoms with Crippen molar-refractivity contribution < 1.29 is 4.79 Å². The van der Waals surface area contributed by atoms with Crippen LogP contribution in [0.2, 0.25) is 0 Å². The fraction of sp³-hybridized carbons (Fsp3) is 0.929. The summed E-state index contributed by atoms with van der Waals surface area (Å²) in [7, 11) is 0. The highest BCUT2D eigenvalue weighted by molar-refractivity contribution is 5.75. The van der Waals surface area contributed by atoms with E-state index < -0.39 is 0 Å². The minimum atomic E-state index is -0.125. The molecule has 2 rings (SSSR count). The minimum Gasteiger partial charge on any atom is -0.333 e. The Kier molecular flexibility index (Phi) is 3.64. The molecule has 2 fully saturated rings. The average Bonchev–Trinajstić information content (AvgIpc) is 2.85. The van der Waals surface area contributed by atoms with Gasteiger partial charge in [-0.15, -0.1) is 0 Å². The summed E-state index contributed by atoms with van der Waals surface area (Å²) >= 11 is 0. The second kappa shape index (κ2) is 4.87. The summed E-state index contributed by atoms with van der Waals surface area (Å²) in [4.78, 5) is 14.3. The number of rotatable bonds is 1. The average molecular weight is 238 g/mol. The molecule has 17 heavy (non-hydrogen) atoms. The molecule has 1 aliphatic heterocycles. The van der Waals surface area contributed by atoms with Gasteiger partial charge in [0.25, 0.3) is 0 Å². The van der Waals surface area contributed by atoms with Crippen LogP contribution in [0.3, 0.4) is 0 Å². The number of hydrogen-bond donors (Lipinski definition) is 1. The van der Waals surface area contributed by atoms with Crippen molar-refractivity contribution in [3.05, 3.63) is 0 Å². The molecule has 2 aliphatic rings. The number of nitrogens with one attached hydrogen (secondary N) is 1. The minimum absolute atomic E-state index is 0.125. The molecule has 1 aliphatic carbocycles. The van der Waals surface area contributed by atoms with Gasteiger partial charge in [0.1, 0.15) is 0 Å². The van der Waals surface area contributed by atoms with Crippen LogP contribution in [0.5, 0.6) is 0 Å². The summed E-state index contributed by atoms with van der Waals surface area (Å²) in [5.74, 6) is 0.767. The molecule has 0 bridgehead atoms. The van der Waals surface area contributed by atoms with Crippen LogP contribution in [0.1, 0.15) is 59.3 Å². The van der Waals surface area contributed by atoms with Crippen molar-refractivity contribution in [2.75, 3.05) is 6.54 Å². The highest BCUT2D eigenvalue weighted by Gasteiger charge is 2.36. The van der Waals surface area contributed by atoms with Crippen LogP contribution in [-0.2, 0) is 0 Å². The predicted octanol–water partition coefficient (Wildman–Crippen LogP) is 3.15. The van der Waals surface area contributed by atoms with Gasteiger partial charge in [-0.25, -0.2) is 4.79 Å². The maximum Gasteiger partial charge on any atom is 0.318 e. The first-order valence-corrected chi connectivity index (χ1v) is 7.06. The van der Waals surface area contributed by atoms with Crippen LogP contribution in [0.15, 0.2) is 0 Å². The Labute approximate surface area is 105 Å². The largest absolute Gasteiger partial charge is 0.333 e. The van der Waals surface area contributed by atoms with E-state index in [1.165, 1.54) is 38.5 Å². The first kappa shape index (κ1) is 12.7. The number of nitrogens with zero attached hydrogens (tertiary/aromatic N) is 1. The van der Waals surface area contributed by atoms with E-state index in [1.807, 2.05) is 20.8 Å². The summed E-state index contributed by atoms with van der Waals surface area (Å²) in [6.45, 7) is 7.09. The molecule has 1 saturated carbocycles. The quantitative estimate of drug-likeness (QED) is 0.748. The Morgan fingerprint density at radius 1 is 1.12 bits per heavy atom. The van der Waals surface area contributed by atoms with Crippen LogP contribution in [-0.4, -0.2) is 29.1 Å². The molecule has 0 aromatic carbocycles. The molecule has 1 heterocycles. The lowest BCUT2D eigenvalue weighted by molar-refractivity contribution is 0.165. The van der Waals surface area contributed by atoms with Crippen molar-refractivity contribution >= 4 is 6.03 Å². The maximum absolute atomic E-state index is 12.2. The second-order valence-corrected chi connectivity index (χ2v) is 6.63. The monoisotopic (exact) mass is 238 g/mol. The third-order valence-corrected chi connectivity index (χ3v) is 3.99. The number of likely N-dealkylation sites (tertiary alicyclic amines) is 1. The zero-order chi connectivity index (χ0) is 12.5. The Morgan fingerprint density at radius 3 is 2.35 bits per heavy atom. The zero-order valence-corrected chi connectivity index (χ0v) is 11.5. The molecule has 2 amide bonds. The van der Waals surface area contributed by atoms with E-state index in [0.717, 1.165) is 12.5 Å². The van der Waals surface area contributed by atoms with E-state index in [-0.39, 0.29) is 11.6 Å². The molecular formula is C14H26N2O. The van der Waals surface area contributed by atoms with Crippen molar-refractivity contribution in [2.24, 2.45) is 5.92 Å². The lowest BCUT2D eigenvalue weighted by Gasteiger charge is -2.32. The van der Waals surface area contributed by atoms with E-state index in [1.54, 1.807) is 0 Å². The second-order valence-electron chi connectivity index (χ2n) is 6.63. The summed E-state index contributed by atoms with van der Waals surface area (Å²) in [5, 5.41) is 3.10. The molecule has 0 aromatic heterocycles. The van der Waals surface area contributed by atoms with Crippen LogP contribution < -0.4 is 5.32 Å². The van der Waals surface area contributed by atoms with E-state index in [9.17, 15) is 4.79 Å². The molecule has 0 aromatic rings. The number of carbonyl (C=O) groups excluding carboxylic acids is 1. The van der Waals surface area contributed by atoms with Gasteiger partial charge in [-0.05, 0) is 52.4 Å². The summed E-state index contributed by atoms with van der Waals surface area (Å²) in [5.41, 5.74) is -0.125. The first-order valence-electron chi connectivity index (χ1n) is 7.06. The first-order chi connectivity index (χ1) is 7.97. The van der Waals surface area contributed by atoms with Gasteiger partial charge >= 0.3 is 6.03 Å². The van der Waals surface area contributed by atoms with Crippen LogP contribution in [0.25, 0.3) is 0 Å². The molecule has 0 spiro atoms. The van der Waals surface area contributed by atoms with Gasteiger partial charge in [0.05, 0.1) is 0 Å². The van der Waals surface area contributed by atoms with E-state index >= 15 is 0 Å². The van der Waals surface area contributed by atoms with E-state index in [2.05, 4.69) is 10.2 Å². The van der Waals surface area contributed by atoms with E-state index in [4.69, 9.17) is 0 Å². The van der Waals surface area contributed by atoms with Crippen molar-refractivity contribution in [1.29, 1.82) is 0 Å². The SMILES string of the molecule is CC(C)(C)NC(=O)N1CCCC1C1CCCC1. The standard InChI is InChI=1S/C14H26N2O/c1-14(2,3)15-13(17)16-10-6-9-12(16)11-7-4-5-8-11/h11-12H,4-10H2,1-3H3,(H,15,17). The normalized spacial score (nSPS) is 26.5. The molecule has 3 nitrogen and oxygen atoms in total. The molecule has 1 saturated heterocycles. The summed E-state index contributed by atoms with van der Waals surface area (Å²) < 4.78 is 0. The van der Waals surface area contributed by atoms with Gasteiger partial charge in [0, 0.05) is 18.1 Å². The molecular weight excluding hydrogens is 212 g/mol. The lowest BCUT2D eigenvalue weighted by Crippen LogP contribution is -2.51. The number of hydrogen-bond acceptors (Lipinski definition) is 1. The van der Waals surface area contributed by atoms with Gasteiger partial charge in [-0.2, -0.15) is 0 Å². The predicted molar refractivity (Wildman–Crippen MR) is 70.0 cm³/mol. The maximum atomic E-state index is 12.2. The van der Waals surface area contributed by atoms with Crippen LogP contribution >= 0.6 is 0 Å². The molecule has 0 radical (unpaired) electrons.